The number of allylic oxidation sites excluding steroid dienone is 5. The predicted molar refractivity (Wildman–Crippen MR) is 78.2 cm³/mol. The van der Waals surface area contributed by atoms with Gasteiger partial charge in [0.15, 0.2) is 0 Å². The number of methoxy groups -OCH3 is 1. The summed E-state index contributed by atoms with van der Waals surface area (Å²) in [6, 6.07) is 6.04. The first kappa shape index (κ1) is 14.3. The van der Waals surface area contributed by atoms with Crippen LogP contribution in [0.4, 0.5) is 0 Å². The van der Waals surface area contributed by atoms with E-state index in [1.807, 2.05) is 42.7 Å². The predicted octanol–water partition coefficient (Wildman–Crippen LogP) is 3.74. The number of ether oxygens (including phenoxy) is 1. The van der Waals surface area contributed by atoms with Crippen molar-refractivity contribution in [3.05, 3.63) is 54.1 Å². The first-order valence-electron chi connectivity index (χ1n) is 5.49. The highest BCUT2D eigenvalue weighted by atomic mass is 32.2. The molecule has 2 nitrogen and oxygen atoms in total. The van der Waals surface area contributed by atoms with Crippen LogP contribution in [0.1, 0.15) is 5.56 Å². The molecule has 0 atom stereocenters. The fraction of sp³-hybridized carbons (Fsp3) is 0.133. The van der Waals surface area contributed by atoms with E-state index in [1.165, 1.54) is 6.08 Å². The quantitative estimate of drug-likeness (QED) is 0.337. The Hall–Kier alpha value is -1.74. The van der Waals surface area contributed by atoms with E-state index in [1.54, 1.807) is 24.9 Å². The number of benzene rings is 1. The zero-order chi connectivity index (χ0) is 13.2. The molecule has 3 heteroatoms. The van der Waals surface area contributed by atoms with Crippen LogP contribution in [0, 0.1) is 0 Å². The van der Waals surface area contributed by atoms with E-state index in [4.69, 9.17) is 4.74 Å². The Morgan fingerprint density at radius 1 is 1.11 bits per heavy atom. The summed E-state index contributed by atoms with van der Waals surface area (Å²) in [5.41, 5.74) is 1.11. The fourth-order valence-corrected chi connectivity index (χ4v) is 1.97. The van der Waals surface area contributed by atoms with Gasteiger partial charge >= 0.3 is 0 Å². The van der Waals surface area contributed by atoms with Crippen LogP contribution in [0.3, 0.4) is 0 Å². The average molecular weight is 260 g/mol. The molecule has 0 aliphatic rings. The van der Waals surface area contributed by atoms with Crippen LogP contribution in [-0.4, -0.2) is 19.7 Å². The van der Waals surface area contributed by atoms with Crippen molar-refractivity contribution in [3.63, 3.8) is 0 Å². The minimum atomic E-state index is 0.752. The lowest BCUT2D eigenvalue weighted by Gasteiger charge is -2.06. The van der Waals surface area contributed by atoms with Crippen LogP contribution < -0.4 is 4.74 Å². The minimum Gasteiger partial charge on any atom is -0.496 e. The fourth-order valence-electron chi connectivity index (χ4n) is 1.36. The third-order valence-corrected chi connectivity index (χ3v) is 2.98. The van der Waals surface area contributed by atoms with Crippen molar-refractivity contribution in [2.24, 2.45) is 0 Å². The van der Waals surface area contributed by atoms with Gasteiger partial charge in [-0.2, -0.15) is 0 Å². The van der Waals surface area contributed by atoms with Crippen LogP contribution in [0.15, 0.2) is 53.5 Å². The average Bonchev–Trinajstić information content (AvgIpc) is 2.42. The highest BCUT2D eigenvalue weighted by Gasteiger charge is 2.00. The molecule has 18 heavy (non-hydrogen) atoms. The maximum atomic E-state index is 10.0. The van der Waals surface area contributed by atoms with Gasteiger partial charge in [0.05, 0.1) is 7.11 Å². The molecule has 0 radical (unpaired) electrons. The second-order valence-corrected chi connectivity index (χ2v) is 4.23. The lowest BCUT2D eigenvalue weighted by Crippen LogP contribution is -1.86. The lowest BCUT2D eigenvalue weighted by molar-refractivity contribution is -0.104. The first-order chi connectivity index (χ1) is 8.81. The van der Waals surface area contributed by atoms with E-state index >= 15 is 0 Å². The third-order valence-electron chi connectivity index (χ3n) is 2.22. The van der Waals surface area contributed by atoms with E-state index in [0.717, 1.165) is 22.5 Å². The summed E-state index contributed by atoms with van der Waals surface area (Å²) in [5.74, 6) is 0.893. The highest BCUT2D eigenvalue weighted by Crippen LogP contribution is 2.28. The molecule has 0 fully saturated rings. The molecule has 0 N–H and O–H groups in total. The van der Waals surface area contributed by atoms with Crippen molar-refractivity contribution in [1.29, 1.82) is 0 Å². The van der Waals surface area contributed by atoms with Crippen LogP contribution >= 0.6 is 11.8 Å². The lowest BCUT2D eigenvalue weighted by atomic mass is 10.2. The Morgan fingerprint density at radius 2 is 1.83 bits per heavy atom. The molecule has 0 bridgehead atoms. The molecule has 1 aromatic carbocycles. The Balaban J connectivity index is 2.73. The highest BCUT2D eigenvalue weighted by molar-refractivity contribution is 7.98. The summed E-state index contributed by atoms with van der Waals surface area (Å²) in [6.45, 7) is 0. The molecule has 0 aliphatic carbocycles. The van der Waals surface area contributed by atoms with E-state index < -0.39 is 0 Å². The SMILES string of the molecule is COc1ccc(/C=C/C=C/C=C/C=O)cc1SC. The van der Waals surface area contributed by atoms with Crippen LogP contribution in [0.25, 0.3) is 6.08 Å². The Kier molecular flexibility index (Phi) is 6.66. The van der Waals surface area contributed by atoms with Gasteiger partial charge in [-0.3, -0.25) is 4.79 Å². The van der Waals surface area contributed by atoms with Crippen molar-refractivity contribution in [1.82, 2.24) is 0 Å². The monoisotopic (exact) mass is 260 g/mol. The van der Waals surface area contributed by atoms with Gasteiger partial charge < -0.3 is 4.74 Å². The van der Waals surface area contributed by atoms with Crippen LogP contribution in [0.5, 0.6) is 5.75 Å². The van der Waals surface area contributed by atoms with Gasteiger partial charge in [0, 0.05) is 4.90 Å². The standard InChI is InChI=1S/C15H16O2S/c1-17-14-10-9-13(12-15(14)18-2)8-6-4-3-5-7-11-16/h3-12H,1-2H3/b4-3+,7-5+,8-6+. The van der Waals surface area contributed by atoms with Crippen LogP contribution in [-0.2, 0) is 4.79 Å². The second-order valence-electron chi connectivity index (χ2n) is 3.38. The molecule has 0 aromatic heterocycles. The summed E-state index contributed by atoms with van der Waals surface area (Å²) < 4.78 is 5.26. The minimum absolute atomic E-state index is 0.752. The zero-order valence-electron chi connectivity index (χ0n) is 10.5. The summed E-state index contributed by atoms with van der Waals surface area (Å²) in [7, 11) is 1.67. The first-order valence-corrected chi connectivity index (χ1v) is 6.71. The Labute approximate surface area is 112 Å². The molecule has 1 aromatic rings. The number of carbonyl (C=O) groups excluding carboxylic acids is 1. The van der Waals surface area contributed by atoms with E-state index in [-0.39, 0.29) is 0 Å². The van der Waals surface area contributed by atoms with Gasteiger partial charge in [-0.1, -0.05) is 36.4 Å². The molecule has 0 spiro atoms. The summed E-state index contributed by atoms with van der Waals surface area (Å²) >= 11 is 1.66. The van der Waals surface area contributed by atoms with E-state index in [0.29, 0.717) is 0 Å². The molecule has 0 amide bonds. The van der Waals surface area contributed by atoms with Gasteiger partial charge in [-0.25, -0.2) is 0 Å². The summed E-state index contributed by atoms with van der Waals surface area (Å²) in [5, 5.41) is 0. The molecule has 0 saturated heterocycles. The number of rotatable bonds is 6. The topological polar surface area (TPSA) is 26.3 Å². The van der Waals surface area contributed by atoms with Gasteiger partial charge in [0.1, 0.15) is 12.0 Å². The maximum Gasteiger partial charge on any atom is 0.142 e. The molecule has 0 heterocycles. The Bertz CT molecular complexity index is 473. The number of carbonyl (C=O) groups is 1. The van der Waals surface area contributed by atoms with Crippen molar-refractivity contribution in [2.45, 2.75) is 4.90 Å². The molecular formula is C15H16O2S. The van der Waals surface area contributed by atoms with Crippen molar-refractivity contribution >= 4 is 24.1 Å². The normalized spacial score (nSPS) is 11.7. The molecule has 94 valence electrons. The van der Waals surface area contributed by atoms with E-state index in [9.17, 15) is 4.79 Å². The van der Waals surface area contributed by atoms with Crippen LogP contribution in [0.2, 0.25) is 0 Å². The number of hydrogen-bond donors (Lipinski definition) is 0. The summed E-state index contributed by atoms with van der Waals surface area (Å²) in [6.07, 6.45) is 13.5. The number of thioether (sulfide) groups is 1. The van der Waals surface area contributed by atoms with Gasteiger partial charge in [0.2, 0.25) is 0 Å². The smallest absolute Gasteiger partial charge is 0.142 e. The maximum absolute atomic E-state index is 10.0. The summed E-state index contributed by atoms with van der Waals surface area (Å²) in [4.78, 5) is 11.2. The van der Waals surface area contributed by atoms with Gasteiger partial charge in [-0.15, -0.1) is 11.8 Å². The molecule has 0 saturated carbocycles. The van der Waals surface area contributed by atoms with Gasteiger partial charge in [-0.05, 0) is 30.0 Å². The van der Waals surface area contributed by atoms with E-state index in [2.05, 4.69) is 6.07 Å². The number of hydrogen-bond acceptors (Lipinski definition) is 3. The van der Waals surface area contributed by atoms with Crippen molar-refractivity contribution in [2.75, 3.05) is 13.4 Å². The molecule has 0 unspecified atom stereocenters. The second kappa shape index (κ2) is 8.37. The van der Waals surface area contributed by atoms with Crippen molar-refractivity contribution in [3.8, 4) is 5.75 Å². The molecular weight excluding hydrogens is 244 g/mol. The zero-order valence-corrected chi connectivity index (χ0v) is 11.3. The molecule has 0 aliphatic heterocycles. The largest absolute Gasteiger partial charge is 0.496 e. The van der Waals surface area contributed by atoms with Gasteiger partial charge in [0.25, 0.3) is 0 Å². The number of aldehydes is 1. The Morgan fingerprint density at radius 3 is 2.50 bits per heavy atom. The molecule has 1 rings (SSSR count). The van der Waals surface area contributed by atoms with Crippen molar-refractivity contribution < 1.29 is 9.53 Å². The third kappa shape index (κ3) is 4.63.